The van der Waals surface area contributed by atoms with E-state index in [0.717, 1.165) is 0 Å². The van der Waals surface area contributed by atoms with Gasteiger partial charge in [-0.05, 0) is 13.0 Å². The molecule has 1 atom stereocenters. The van der Waals surface area contributed by atoms with Crippen molar-refractivity contribution in [3.05, 3.63) is 39.7 Å². The van der Waals surface area contributed by atoms with Gasteiger partial charge >= 0.3 is 0 Å². The van der Waals surface area contributed by atoms with Gasteiger partial charge in [0.2, 0.25) is 0 Å². The van der Waals surface area contributed by atoms with Crippen molar-refractivity contribution in [2.24, 2.45) is 0 Å². The molecule has 1 aromatic heterocycles. The van der Waals surface area contributed by atoms with Gasteiger partial charge in [0.1, 0.15) is 11.7 Å². The Hall–Kier alpha value is -2.42. The number of halogens is 2. The molecule has 0 fully saturated rings. The first kappa shape index (κ1) is 13.0. The average molecular weight is 271 g/mol. The Morgan fingerprint density at radius 3 is 2.58 bits per heavy atom. The number of hydrogen-bond donors (Lipinski definition) is 1. The van der Waals surface area contributed by atoms with Gasteiger partial charge in [0, 0.05) is 0 Å². The smallest absolute Gasteiger partial charge is 0.285 e. The number of nitro groups is 1. The Kier molecular flexibility index (Phi) is 3.21. The quantitative estimate of drug-likeness (QED) is 0.676. The summed E-state index contributed by atoms with van der Waals surface area (Å²) in [5.41, 5.74) is -1.07. The monoisotopic (exact) mass is 271 g/mol. The SMILES string of the molecule is CC(O)c1noc(-c2cc(F)c(F)cc2[N+](=O)[O-])n1. The van der Waals surface area contributed by atoms with Crippen LogP contribution in [0.5, 0.6) is 0 Å². The lowest BCUT2D eigenvalue weighted by atomic mass is 10.1. The van der Waals surface area contributed by atoms with Crippen molar-refractivity contribution < 1.29 is 23.3 Å². The summed E-state index contributed by atoms with van der Waals surface area (Å²) >= 11 is 0. The van der Waals surface area contributed by atoms with Crippen molar-refractivity contribution in [3.8, 4) is 11.5 Å². The molecule has 9 heteroatoms. The van der Waals surface area contributed by atoms with Crippen LogP contribution in [0.25, 0.3) is 11.5 Å². The molecule has 0 spiro atoms. The standard InChI is InChI=1S/C10H7F2N3O4/c1-4(16)9-13-10(19-14-9)5-2-6(11)7(12)3-8(5)15(17)18/h2-4,16H,1H3. The molecule has 0 bridgehead atoms. The summed E-state index contributed by atoms with van der Waals surface area (Å²) in [4.78, 5) is 13.6. The van der Waals surface area contributed by atoms with Gasteiger partial charge in [0.05, 0.1) is 11.0 Å². The van der Waals surface area contributed by atoms with Crippen LogP contribution in [0.3, 0.4) is 0 Å². The predicted octanol–water partition coefficient (Wildman–Crippen LogP) is 1.98. The largest absolute Gasteiger partial charge is 0.385 e. The molecule has 0 aliphatic rings. The van der Waals surface area contributed by atoms with E-state index in [2.05, 4.69) is 14.7 Å². The van der Waals surface area contributed by atoms with Gasteiger partial charge < -0.3 is 9.63 Å². The van der Waals surface area contributed by atoms with E-state index in [-0.39, 0.29) is 17.3 Å². The van der Waals surface area contributed by atoms with Gasteiger partial charge in [-0.3, -0.25) is 10.1 Å². The molecular weight excluding hydrogens is 264 g/mol. The third-order valence-corrected chi connectivity index (χ3v) is 2.28. The highest BCUT2D eigenvalue weighted by atomic mass is 19.2. The van der Waals surface area contributed by atoms with E-state index >= 15 is 0 Å². The maximum Gasteiger partial charge on any atom is 0.285 e. The van der Waals surface area contributed by atoms with E-state index in [4.69, 9.17) is 0 Å². The zero-order valence-corrected chi connectivity index (χ0v) is 9.50. The normalized spacial score (nSPS) is 12.4. The minimum absolute atomic E-state index is 0.117. The second-order valence-corrected chi connectivity index (χ2v) is 3.67. The highest BCUT2D eigenvalue weighted by molar-refractivity contribution is 5.66. The van der Waals surface area contributed by atoms with Gasteiger partial charge in [-0.15, -0.1) is 0 Å². The first-order valence-corrected chi connectivity index (χ1v) is 5.05. The van der Waals surface area contributed by atoms with Gasteiger partial charge in [-0.1, -0.05) is 5.16 Å². The summed E-state index contributed by atoms with van der Waals surface area (Å²) in [7, 11) is 0. The fourth-order valence-corrected chi connectivity index (χ4v) is 1.37. The van der Waals surface area contributed by atoms with Crippen LogP contribution >= 0.6 is 0 Å². The van der Waals surface area contributed by atoms with E-state index in [9.17, 15) is 24.0 Å². The van der Waals surface area contributed by atoms with Crippen molar-refractivity contribution in [2.45, 2.75) is 13.0 Å². The molecule has 0 saturated heterocycles. The number of benzene rings is 1. The highest BCUT2D eigenvalue weighted by Gasteiger charge is 2.24. The minimum atomic E-state index is -1.36. The van der Waals surface area contributed by atoms with E-state index in [1.807, 2.05) is 0 Å². The molecule has 2 rings (SSSR count). The van der Waals surface area contributed by atoms with Gasteiger partial charge in [0.15, 0.2) is 17.5 Å². The van der Waals surface area contributed by atoms with Crippen LogP contribution in [0.2, 0.25) is 0 Å². The summed E-state index contributed by atoms with van der Waals surface area (Å²) in [6, 6.07) is 1.02. The van der Waals surface area contributed by atoms with Crippen LogP contribution in [0.4, 0.5) is 14.5 Å². The number of rotatable bonds is 3. The first-order valence-electron chi connectivity index (χ1n) is 5.05. The molecule has 1 aromatic carbocycles. The third kappa shape index (κ3) is 2.40. The van der Waals surface area contributed by atoms with Crippen molar-refractivity contribution in [1.82, 2.24) is 10.1 Å². The summed E-state index contributed by atoms with van der Waals surface area (Å²) < 4.78 is 30.8. The van der Waals surface area contributed by atoms with Crippen LogP contribution in [0.1, 0.15) is 18.9 Å². The number of aromatic nitrogens is 2. The Balaban J connectivity index is 2.59. The molecule has 0 aliphatic heterocycles. The Morgan fingerprint density at radius 2 is 2.05 bits per heavy atom. The number of nitro benzene ring substituents is 1. The van der Waals surface area contributed by atoms with E-state index < -0.39 is 28.3 Å². The molecule has 7 nitrogen and oxygen atoms in total. The molecule has 0 saturated carbocycles. The lowest BCUT2D eigenvalue weighted by Gasteiger charge is -1.99. The van der Waals surface area contributed by atoms with Crippen molar-refractivity contribution >= 4 is 5.69 Å². The first-order chi connectivity index (χ1) is 8.90. The van der Waals surface area contributed by atoms with Crippen molar-refractivity contribution in [1.29, 1.82) is 0 Å². The van der Waals surface area contributed by atoms with Crippen LogP contribution in [-0.4, -0.2) is 20.2 Å². The highest BCUT2D eigenvalue weighted by Crippen LogP contribution is 2.31. The molecular formula is C10H7F2N3O4. The summed E-state index contributed by atoms with van der Waals surface area (Å²) in [6.07, 6.45) is -1.05. The van der Waals surface area contributed by atoms with Gasteiger partial charge in [-0.2, -0.15) is 4.98 Å². The lowest BCUT2D eigenvalue weighted by Crippen LogP contribution is -1.97. The average Bonchev–Trinajstić information content (AvgIpc) is 2.81. The molecule has 19 heavy (non-hydrogen) atoms. The van der Waals surface area contributed by atoms with E-state index in [1.165, 1.54) is 6.92 Å². The Labute approximate surface area is 104 Å². The van der Waals surface area contributed by atoms with Crippen molar-refractivity contribution in [2.75, 3.05) is 0 Å². The Bertz CT molecular complexity index is 642. The molecule has 0 aliphatic carbocycles. The molecule has 2 aromatic rings. The summed E-state index contributed by atoms with van der Waals surface area (Å²) in [5.74, 6) is -3.13. The second-order valence-electron chi connectivity index (χ2n) is 3.67. The minimum Gasteiger partial charge on any atom is -0.385 e. The molecule has 1 unspecified atom stereocenters. The topological polar surface area (TPSA) is 102 Å². The van der Waals surface area contributed by atoms with Crippen LogP contribution in [0, 0.1) is 21.7 Å². The molecule has 1 heterocycles. The van der Waals surface area contributed by atoms with Crippen LogP contribution in [0.15, 0.2) is 16.7 Å². The van der Waals surface area contributed by atoms with Crippen LogP contribution < -0.4 is 0 Å². The molecule has 100 valence electrons. The molecule has 0 amide bonds. The van der Waals surface area contributed by atoms with Crippen LogP contribution in [-0.2, 0) is 0 Å². The predicted molar refractivity (Wildman–Crippen MR) is 56.9 cm³/mol. The fraction of sp³-hybridized carbons (Fsp3) is 0.200. The zero-order chi connectivity index (χ0) is 14.2. The molecule has 1 N–H and O–H groups in total. The van der Waals surface area contributed by atoms with Gasteiger partial charge in [0.25, 0.3) is 11.6 Å². The summed E-state index contributed by atoms with van der Waals surface area (Å²) in [5, 5.41) is 23.4. The maximum atomic E-state index is 13.1. The number of hydrogen-bond acceptors (Lipinski definition) is 6. The van der Waals surface area contributed by atoms with Gasteiger partial charge in [-0.25, -0.2) is 8.78 Å². The summed E-state index contributed by atoms with van der Waals surface area (Å²) in [6.45, 7) is 1.36. The second kappa shape index (κ2) is 4.69. The lowest BCUT2D eigenvalue weighted by molar-refractivity contribution is -0.384. The molecule has 0 radical (unpaired) electrons. The third-order valence-electron chi connectivity index (χ3n) is 2.28. The van der Waals surface area contributed by atoms with E-state index in [1.54, 1.807) is 0 Å². The number of aliphatic hydroxyl groups excluding tert-OH is 1. The zero-order valence-electron chi connectivity index (χ0n) is 9.50. The number of aliphatic hydroxyl groups is 1. The maximum absolute atomic E-state index is 13.1. The Morgan fingerprint density at radius 1 is 1.42 bits per heavy atom. The fourth-order valence-electron chi connectivity index (χ4n) is 1.37. The number of nitrogens with zero attached hydrogens (tertiary/aromatic N) is 3. The van der Waals surface area contributed by atoms with Crippen molar-refractivity contribution in [3.63, 3.8) is 0 Å². The van der Waals surface area contributed by atoms with E-state index in [0.29, 0.717) is 12.1 Å².